The average Bonchev–Trinajstić information content (AvgIpc) is 2.92. The highest BCUT2D eigenvalue weighted by Gasteiger charge is 2.33. The molecule has 0 radical (unpaired) electrons. The summed E-state index contributed by atoms with van der Waals surface area (Å²) < 4.78 is 4.59. The Morgan fingerprint density at radius 3 is 3.00 bits per heavy atom. The van der Waals surface area contributed by atoms with Gasteiger partial charge in [0.05, 0.1) is 19.2 Å². The van der Waals surface area contributed by atoms with E-state index in [9.17, 15) is 14.4 Å². The molecule has 0 spiro atoms. The first-order chi connectivity index (χ1) is 10.0. The zero-order valence-corrected chi connectivity index (χ0v) is 12.7. The summed E-state index contributed by atoms with van der Waals surface area (Å²) in [6.45, 7) is 2.01. The van der Waals surface area contributed by atoms with Gasteiger partial charge >= 0.3 is 5.97 Å². The molecule has 1 aliphatic rings. The molecule has 1 unspecified atom stereocenters. The van der Waals surface area contributed by atoms with Gasteiger partial charge in [0, 0.05) is 11.8 Å². The van der Waals surface area contributed by atoms with Gasteiger partial charge in [0.2, 0.25) is 11.8 Å². The van der Waals surface area contributed by atoms with Gasteiger partial charge in [-0.3, -0.25) is 19.7 Å². The van der Waals surface area contributed by atoms with E-state index in [0.29, 0.717) is 18.0 Å². The number of aromatic nitrogens is 1. The van der Waals surface area contributed by atoms with Crippen LogP contribution in [0.15, 0.2) is 5.38 Å². The van der Waals surface area contributed by atoms with Gasteiger partial charge in [-0.2, -0.15) is 0 Å². The standard InChI is InChI=1S/C13H17N3O4S/c1-3-9-12(19)15-10(17)6-16(9)13-14-8(7-21-13)4-5-11(18)20-2/h7,9H,3-6H2,1-2H3,(H,15,17,19). The molecule has 1 atom stereocenters. The second-order valence-electron chi connectivity index (χ2n) is 4.66. The number of amides is 2. The Kier molecular flexibility index (Phi) is 4.89. The molecular weight excluding hydrogens is 294 g/mol. The maximum Gasteiger partial charge on any atom is 0.305 e. The zero-order chi connectivity index (χ0) is 15.4. The van der Waals surface area contributed by atoms with Crippen molar-refractivity contribution < 1.29 is 19.1 Å². The molecule has 2 heterocycles. The molecule has 21 heavy (non-hydrogen) atoms. The van der Waals surface area contributed by atoms with E-state index in [1.807, 2.05) is 12.3 Å². The van der Waals surface area contributed by atoms with Gasteiger partial charge in [-0.05, 0) is 6.42 Å². The van der Waals surface area contributed by atoms with Crippen molar-refractivity contribution in [1.82, 2.24) is 10.3 Å². The number of methoxy groups -OCH3 is 1. The molecule has 7 nitrogen and oxygen atoms in total. The molecule has 2 rings (SSSR count). The van der Waals surface area contributed by atoms with Crippen LogP contribution in [-0.4, -0.2) is 42.5 Å². The number of anilines is 1. The van der Waals surface area contributed by atoms with E-state index in [0.717, 1.165) is 5.69 Å². The normalized spacial score (nSPS) is 18.6. The summed E-state index contributed by atoms with van der Waals surface area (Å²) in [5.41, 5.74) is 0.758. The van der Waals surface area contributed by atoms with Crippen molar-refractivity contribution in [2.24, 2.45) is 0 Å². The molecule has 114 valence electrons. The van der Waals surface area contributed by atoms with Crippen molar-refractivity contribution in [1.29, 1.82) is 0 Å². The number of rotatable bonds is 5. The molecule has 1 saturated heterocycles. The van der Waals surface area contributed by atoms with Crippen LogP contribution in [0.3, 0.4) is 0 Å². The van der Waals surface area contributed by atoms with Gasteiger partial charge in [0.15, 0.2) is 5.13 Å². The maximum atomic E-state index is 11.8. The third-order valence-electron chi connectivity index (χ3n) is 3.24. The summed E-state index contributed by atoms with van der Waals surface area (Å²) in [5.74, 6) is -0.903. The van der Waals surface area contributed by atoms with Crippen molar-refractivity contribution in [2.45, 2.75) is 32.2 Å². The molecule has 1 fully saturated rings. The summed E-state index contributed by atoms with van der Waals surface area (Å²) in [4.78, 5) is 40.6. The van der Waals surface area contributed by atoms with Gasteiger partial charge in [0.1, 0.15) is 12.6 Å². The third-order valence-corrected chi connectivity index (χ3v) is 4.17. The molecule has 1 aromatic rings. The van der Waals surface area contributed by atoms with Crippen LogP contribution in [-0.2, 0) is 25.5 Å². The number of hydrogen-bond acceptors (Lipinski definition) is 7. The van der Waals surface area contributed by atoms with Crippen LogP contribution < -0.4 is 10.2 Å². The van der Waals surface area contributed by atoms with Crippen LogP contribution in [0.5, 0.6) is 0 Å². The minimum atomic E-state index is -0.387. The molecule has 0 aliphatic carbocycles. The number of aryl methyl sites for hydroxylation is 1. The molecule has 1 aromatic heterocycles. The first-order valence-electron chi connectivity index (χ1n) is 6.66. The number of imide groups is 1. The highest BCUT2D eigenvalue weighted by molar-refractivity contribution is 7.13. The van der Waals surface area contributed by atoms with E-state index in [-0.39, 0.29) is 36.8 Å². The van der Waals surface area contributed by atoms with Crippen molar-refractivity contribution in [2.75, 3.05) is 18.6 Å². The number of hydrogen-bond donors (Lipinski definition) is 1. The van der Waals surface area contributed by atoms with Gasteiger partial charge in [-0.25, -0.2) is 4.98 Å². The summed E-state index contributed by atoms with van der Waals surface area (Å²) in [6.07, 6.45) is 1.33. The zero-order valence-electron chi connectivity index (χ0n) is 11.9. The number of ether oxygens (including phenoxy) is 1. The van der Waals surface area contributed by atoms with E-state index in [1.165, 1.54) is 18.4 Å². The van der Waals surface area contributed by atoms with E-state index in [1.54, 1.807) is 4.90 Å². The summed E-state index contributed by atoms with van der Waals surface area (Å²) in [5, 5.41) is 4.80. The average molecular weight is 311 g/mol. The second-order valence-corrected chi connectivity index (χ2v) is 5.50. The lowest BCUT2D eigenvalue weighted by atomic mass is 10.1. The molecule has 2 amide bonds. The van der Waals surface area contributed by atoms with Crippen LogP contribution in [0.4, 0.5) is 5.13 Å². The predicted molar refractivity (Wildman–Crippen MR) is 77.0 cm³/mol. The molecule has 1 N–H and O–H groups in total. The molecule has 0 saturated carbocycles. The predicted octanol–water partition coefficient (Wildman–Crippen LogP) is 0.490. The lowest BCUT2D eigenvalue weighted by Crippen LogP contribution is -2.58. The quantitative estimate of drug-likeness (QED) is 0.629. The number of carbonyl (C=O) groups is 3. The topological polar surface area (TPSA) is 88.6 Å². The van der Waals surface area contributed by atoms with Gasteiger partial charge in [-0.15, -0.1) is 11.3 Å². The number of piperazine rings is 1. The van der Waals surface area contributed by atoms with E-state index < -0.39 is 0 Å². The maximum absolute atomic E-state index is 11.8. The Morgan fingerprint density at radius 1 is 1.57 bits per heavy atom. The lowest BCUT2D eigenvalue weighted by Gasteiger charge is -2.32. The SMILES string of the molecule is CCC1C(=O)NC(=O)CN1c1nc(CCC(=O)OC)cs1. The largest absolute Gasteiger partial charge is 0.469 e. The lowest BCUT2D eigenvalue weighted by molar-refractivity contribution is -0.140. The van der Waals surface area contributed by atoms with Crippen LogP contribution in [0.25, 0.3) is 0 Å². The molecule has 0 bridgehead atoms. The second kappa shape index (κ2) is 6.66. The Balaban J connectivity index is 2.09. The third kappa shape index (κ3) is 3.57. The minimum Gasteiger partial charge on any atom is -0.469 e. The number of nitrogens with one attached hydrogen (secondary N) is 1. The summed E-state index contributed by atoms with van der Waals surface area (Å²) in [6, 6.07) is -0.387. The van der Waals surface area contributed by atoms with Crippen LogP contribution >= 0.6 is 11.3 Å². The highest BCUT2D eigenvalue weighted by Crippen LogP contribution is 2.25. The molecular formula is C13H17N3O4S. The van der Waals surface area contributed by atoms with E-state index in [4.69, 9.17) is 0 Å². The molecule has 1 aliphatic heterocycles. The fourth-order valence-corrected chi connectivity index (χ4v) is 3.06. The summed E-state index contributed by atoms with van der Waals surface area (Å²) >= 11 is 1.37. The first-order valence-corrected chi connectivity index (χ1v) is 7.54. The van der Waals surface area contributed by atoms with Gasteiger partial charge in [-0.1, -0.05) is 6.92 Å². The number of carbonyl (C=O) groups excluding carboxylic acids is 3. The Bertz CT molecular complexity index is 557. The fourth-order valence-electron chi connectivity index (χ4n) is 2.15. The highest BCUT2D eigenvalue weighted by atomic mass is 32.1. The van der Waals surface area contributed by atoms with Crippen molar-refractivity contribution in [3.63, 3.8) is 0 Å². The van der Waals surface area contributed by atoms with Crippen LogP contribution in [0.2, 0.25) is 0 Å². The number of esters is 1. The smallest absolute Gasteiger partial charge is 0.305 e. The fraction of sp³-hybridized carbons (Fsp3) is 0.538. The Morgan fingerprint density at radius 2 is 2.33 bits per heavy atom. The van der Waals surface area contributed by atoms with Crippen molar-refractivity contribution in [3.05, 3.63) is 11.1 Å². The van der Waals surface area contributed by atoms with Crippen LogP contribution in [0.1, 0.15) is 25.5 Å². The van der Waals surface area contributed by atoms with Crippen LogP contribution in [0, 0.1) is 0 Å². The summed E-state index contributed by atoms with van der Waals surface area (Å²) in [7, 11) is 1.35. The first kappa shape index (κ1) is 15.4. The van der Waals surface area contributed by atoms with Crippen molar-refractivity contribution >= 4 is 34.3 Å². The Labute approximate surface area is 126 Å². The van der Waals surface area contributed by atoms with Gasteiger partial charge in [0.25, 0.3) is 0 Å². The van der Waals surface area contributed by atoms with Gasteiger partial charge < -0.3 is 9.64 Å². The Hall–Kier alpha value is -1.96. The van der Waals surface area contributed by atoms with Crippen molar-refractivity contribution in [3.8, 4) is 0 Å². The number of thiazole rings is 1. The van der Waals surface area contributed by atoms with E-state index in [2.05, 4.69) is 15.0 Å². The minimum absolute atomic E-state index is 0.119. The molecule has 0 aromatic carbocycles. The monoisotopic (exact) mass is 311 g/mol. The number of nitrogens with zero attached hydrogens (tertiary/aromatic N) is 2. The van der Waals surface area contributed by atoms with E-state index >= 15 is 0 Å². The molecule has 8 heteroatoms.